The normalized spacial score (nSPS) is 9.77. The molecule has 0 bridgehead atoms. The van der Waals surface area contributed by atoms with Crippen molar-refractivity contribution in [2.24, 2.45) is 0 Å². The number of benzene rings is 3. The second-order valence-electron chi connectivity index (χ2n) is 7.03. The Bertz CT molecular complexity index is 1170. The van der Waals surface area contributed by atoms with Crippen molar-refractivity contribution < 1.29 is 13.9 Å². The average molecular weight is 410 g/mol. The third kappa shape index (κ3) is 6.33. The van der Waals surface area contributed by atoms with Gasteiger partial charge in [-0.1, -0.05) is 43.2 Å². The lowest BCUT2D eigenvalue weighted by Crippen LogP contribution is -2.08. The van der Waals surface area contributed by atoms with Crippen LogP contribution in [-0.2, 0) is 6.42 Å². The standard InChI is InChI=1S/C28H23FO2/c1-3-5-7-22-13-16-25(17-14-22)28(30)31-26-19-18-24(27(29)20-26)15-12-23-10-8-21(6-4-2)9-11-23/h8-11,13-14,16-20H,3,5,7H2,1-2H3. The fourth-order valence-corrected chi connectivity index (χ4v) is 2.94. The molecule has 31 heavy (non-hydrogen) atoms. The largest absolute Gasteiger partial charge is 0.423 e. The van der Waals surface area contributed by atoms with Crippen molar-refractivity contribution in [3.63, 3.8) is 0 Å². The number of halogens is 1. The first kappa shape index (κ1) is 21.9. The maximum absolute atomic E-state index is 14.4. The second-order valence-corrected chi connectivity index (χ2v) is 7.03. The summed E-state index contributed by atoms with van der Waals surface area (Å²) in [4.78, 5) is 12.3. The minimum atomic E-state index is -0.541. The Hall–Kier alpha value is -3.82. The Morgan fingerprint density at radius 1 is 0.903 bits per heavy atom. The molecule has 0 aliphatic rings. The predicted molar refractivity (Wildman–Crippen MR) is 121 cm³/mol. The number of unbranched alkanes of at least 4 members (excludes halogenated alkanes) is 1. The average Bonchev–Trinajstić information content (AvgIpc) is 2.78. The van der Waals surface area contributed by atoms with Crippen LogP contribution in [0.5, 0.6) is 5.75 Å². The van der Waals surface area contributed by atoms with E-state index in [4.69, 9.17) is 4.74 Å². The fraction of sp³-hybridized carbons (Fsp3) is 0.179. The molecule has 0 unspecified atom stereocenters. The monoisotopic (exact) mass is 410 g/mol. The van der Waals surface area contributed by atoms with E-state index in [0.29, 0.717) is 5.56 Å². The number of carbonyl (C=O) groups is 1. The highest BCUT2D eigenvalue weighted by atomic mass is 19.1. The molecule has 0 spiro atoms. The van der Waals surface area contributed by atoms with Gasteiger partial charge in [0, 0.05) is 17.2 Å². The number of aryl methyl sites for hydroxylation is 1. The Balaban J connectivity index is 1.66. The molecule has 154 valence electrons. The summed E-state index contributed by atoms with van der Waals surface area (Å²) in [5.74, 6) is 10.6. The number of esters is 1. The molecule has 2 nitrogen and oxygen atoms in total. The zero-order valence-electron chi connectivity index (χ0n) is 17.7. The molecule has 0 amide bonds. The molecule has 0 N–H and O–H groups in total. The molecule has 0 radical (unpaired) electrons. The molecular weight excluding hydrogens is 387 g/mol. The molecular formula is C28H23FO2. The van der Waals surface area contributed by atoms with Gasteiger partial charge in [0.25, 0.3) is 0 Å². The van der Waals surface area contributed by atoms with Crippen molar-refractivity contribution in [3.8, 4) is 29.4 Å². The van der Waals surface area contributed by atoms with E-state index in [1.807, 2.05) is 36.4 Å². The van der Waals surface area contributed by atoms with Crippen molar-refractivity contribution in [2.45, 2.75) is 33.1 Å². The lowest BCUT2D eigenvalue weighted by molar-refractivity contribution is 0.0734. The minimum absolute atomic E-state index is 0.144. The number of hydrogen-bond donors (Lipinski definition) is 0. The molecule has 3 aromatic carbocycles. The van der Waals surface area contributed by atoms with Gasteiger partial charge in [0.05, 0.1) is 11.1 Å². The van der Waals surface area contributed by atoms with E-state index in [1.165, 1.54) is 17.7 Å². The summed E-state index contributed by atoms with van der Waals surface area (Å²) >= 11 is 0. The van der Waals surface area contributed by atoms with Gasteiger partial charge in [-0.25, -0.2) is 9.18 Å². The fourth-order valence-electron chi connectivity index (χ4n) is 2.94. The van der Waals surface area contributed by atoms with Crippen LogP contribution < -0.4 is 4.74 Å². The zero-order valence-corrected chi connectivity index (χ0v) is 17.7. The van der Waals surface area contributed by atoms with Gasteiger partial charge in [-0.3, -0.25) is 0 Å². The van der Waals surface area contributed by atoms with Crippen LogP contribution in [0.3, 0.4) is 0 Å². The smallest absolute Gasteiger partial charge is 0.343 e. The highest BCUT2D eigenvalue weighted by molar-refractivity contribution is 5.91. The second kappa shape index (κ2) is 10.8. The van der Waals surface area contributed by atoms with E-state index >= 15 is 0 Å². The molecule has 0 aliphatic heterocycles. The Morgan fingerprint density at radius 2 is 1.58 bits per heavy atom. The van der Waals surface area contributed by atoms with Crippen LogP contribution in [0.1, 0.15) is 59.3 Å². The topological polar surface area (TPSA) is 26.3 Å². The van der Waals surface area contributed by atoms with Gasteiger partial charge in [0.2, 0.25) is 0 Å². The summed E-state index contributed by atoms with van der Waals surface area (Å²) in [6.45, 7) is 3.92. The Morgan fingerprint density at radius 3 is 2.19 bits per heavy atom. The highest BCUT2D eigenvalue weighted by Crippen LogP contribution is 2.18. The van der Waals surface area contributed by atoms with Crippen LogP contribution in [0.25, 0.3) is 0 Å². The van der Waals surface area contributed by atoms with E-state index in [2.05, 4.69) is 30.6 Å². The van der Waals surface area contributed by atoms with Crippen LogP contribution >= 0.6 is 0 Å². The van der Waals surface area contributed by atoms with E-state index in [-0.39, 0.29) is 11.3 Å². The lowest BCUT2D eigenvalue weighted by atomic mass is 10.1. The van der Waals surface area contributed by atoms with E-state index in [0.717, 1.165) is 30.4 Å². The van der Waals surface area contributed by atoms with Crippen molar-refractivity contribution in [1.29, 1.82) is 0 Å². The summed E-state index contributed by atoms with van der Waals surface area (Å²) in [6.07, 6.45) is 3.21. The van der Waals surface area contributed by atoms with Crippen molar-refractivity contribution in [3.05, 3.63) is 100 Å². The molecule has 0 heterocycles. The van der Waals surface area contributed by atoms with Gasteiger partial charge in [0.15, 0.2) is 0 Å². The molecule has 0 saturated carbocycles. The van der Waals surface area contributed by atoms with Crippen LogP contribution in [0.2, 0.25) is 0 Å². The van der Waals surface area contributed by atoms with Crippen LogP contribution in [0.4, 0.5) is 4.39 Å². The van der Waals surface area contributed by atoms with Crippen molar-refractivity contribution >= 4 is 5.97 Å². The van der Waals surface area contributed by atoms with Gasteiger partial charge in [-0.15, -0.1) is 5.92 Å². The van der Waals surface area contributed by atoms with Crippen molar-refractivity contribution in [2.75, 3.05) is 0 Å². The maximum Gasteiger partial charge on any atom is 0.343 e. The Kier molecular flexibility index (Phi) is 7.63. The van der Waals surface area contributed by atoms with Gasteiger partial charge >= 0.3 is 5.97 Å². The number of ether oxygens (including phenoxy) is 1. The predicted octanol–water partition coefficient (Wildman–Crippen LogP) is 6.16. The molecule has 3 aromatic rings. The van der Waals surface area contributed by atoms with E-state index in [9.17, 15) is 9.18 Å². The first-order chi connectivity index (χ1) is 15.1. The highest BCUT2D eigenvalue weighted by Gasteiger charge is 2.10. The molecule has 0 aliphatic carbocycles. The van der Waals surface area contributed by atoms with Crippen LogP contribution in [0.15, 0.2) is 66.7 Å². The van der Waals surface area contributed by atoms with Gasteiger partial charge in [-0.05, 0) is 73.9 Å². The third-order valence-electron chi connectivity index (χ3n) is 4.66. The number of carbonyl (C=O) groups excluding carboxylic acids is 1. The van der Waals surface area contributed by atoms with Gasteiger partial charge in [0.1, 0.15) is 11.6 Å². The SMILES string of the molecule is CC#Cc1ccc(C#Cc2ccc(OC(=O)c3ccc(CCCC)cc3)cc2F)cc1. The molecule has 3 heteroatoms. The zero-order chi connectivity index (χ0) is 22.1. The van der Waals surface area contributed by atoms with E-state index in [1.54, 1.807) is 25.1 Å². The maximum atomic E-state index is 14.4. The quantitative estimate of drug-likeness (QED) is 0.286. The summed E-state index contributed by atoms with van der Waals surface area (Å²) < 4.78 is 19.7. The number of rotatable bonds is 5. The van der Waals surface area contributed by atoms with Gasteiger partial charge < -0.3 is 4.74 Å². The molecule has 0 fully saturated rings. The first-order valence-electron chi connectivity index (χ1n) is 10.2. The summed E-state index contributed by atoms with van der Waals surface area (Å²) in [5.41, 5.74) is 3.51. The minimum Gasteiger partial charge on any atom is -0.423 e. The first-order valence-corrected chi connectivity index (χ1v) is 10.2. The summed E-state index contributed by atoms with van der Waals surface area (Å²) in [7, 11) is 0. The van der Waals surface area contributed by atoms with Crippen LogP contribution in [0, 0.1) is 29.5 Å². The van der Waals surface area contributed by atoms with Crippen molar-refractivity contribution in [1.82, 2.24) is 0 Å². The number of hydrogen-bond acceptors (Lipinski definition) is 2. The third-order valence-corrected chi connectivity index (χ3v) is 4.66. The van der Waals surface area contributed by atoms with Crippen LogP contribution in [-0.4, -0.2) is 5.97 Å². The molecule has 0 atom stereocenters. The molecule has 0 aromatic heterocycles. The van der Waals surface area contributed by atoms with E-state index < -0.39 is 11.8 Å². The molecule has 0 saturated heterocycles. The Labute approximate surface area is 183 Å². The summed E-state index contributed by atoms with van der Waals surface area (Å²) in [5, 5.41) is 0. The lowest BCUT2D eigenvalue weighted by Gasteiger charge is -2.06. The molecule has 3 rings (SSSR count). The summed E-state index contributed by atoms with van der Waals surface area (Å²) in [6, 6.07) is 19.0. The van der Waals surface area contributed by atoms with Gasteiger partial charge in [-0.2, -0.15) is 0 Å².